The Labute approximate surface area is 238 Å². The minimum atomic E-state index is -1.70. The Morgan fingerprint density at radius 3 is 2.02 bits per heavy atom. The van der Waals surface area contributed by atoms with Gasteiger partial charge in [0.25, 0.3) is 0 Å². The second-order valence-corrected chi connectivity index (χ2v) is 11.9. The lowest BCUT2D eigenvalue weighted by Gasteiger charge is -2.45. The molecule has 40 heavy (non-hydrogen) atoms. The summed E-state index contributed by atoms with van der Waals surface area (Å²) >= 11 is 0. The van der Waals surface area contributed by atoms with E-state index < -0.39 is 74.6 Å². The molecule has 0 bridgehead atoms. The highest BCUT2D eigenvalue weighted by atomic mass is 16.7. The molecule has 0 aromatic carbocycles. The summed E-state index contributed by atoms with van der Waals surface area (Å²) in [5, 5.41) is 70.6. The van der Waals surface area contributed by atoms with E-state index in [1.54, 1.807) is 0 Å². The summed E-state index contributed by atoms with van der Waals surface area (Å²) in [6.07, 6.45) is -3.44. The minimum absolute atomic E-state index is 0.265. The van der Waals surface area contributed by atoms with E-state index in [4.69, 9.17) is 18.9 Å². The normalized spacial score (nSPS) is 36.2. The highest BCUT2D eigenvalue weighted by Crippen LogP contribution is 2.29. The van der Waals surface area contributed by atoms with Gasteiger partial charge in [-0.15, -0.1) is 0 Å². The standard InChI is InChI=1S/C29H54O11/c1-17(2)9-7-11-19(4)13-8-12-18(3)10-5-6-14-37-28-26(36)24(34)27(21(16-31)39-28)40-29-25(35)23(33)22(32)20(15-30)38-29/h10,17,19-36H,5-9,11-16H2,1-4H3. The Kier molecular flexibility index (Phi) is 16.0. The molecule has 2 aliphatic heterocycles. The summed E-state index contributed by atoms with van der Waals surface area (Å²) in [5.41, 5.74) is 1.34. The molecule has 0 saturated carbocycles. The van der Waals surface area contributed by atoms with Crippen LogP contribution in [0.2, 0.25) is 0 Å². The molecular weight excluding hydrogens is 524 g/mol. The van der Waals surface area contributed by atoms with E-state index in [2.05, 4.69) is 33.8 Å². The van der Waals surface area contributed by atoms with Gasteiger partial charge in [-0.3, -0.25) is 0 Å². The lowest BCUT2D eigenvalue weighted by Crippen LogP contribution is -2.64. The summed E-state index contributed by atoms with van der Waals surface area (Å²) in [5.74, 6) is 1.52. The van der Waals surface area contributed by atoms with E-state index in [9.17, 15) is 35.7 Å². The second-order valence-electron chi connectivity index (χ2n) is 11.9. The van der Waals surface area contributed by atoms with E-state index in [-0.39, 0.29) is 6.61 Å². The van der Waals surface area contributed by atoms with Crippen molar-refractivity contribution in [3.8, 4) is 0 Å². The van der Waals surface area contributed by atoms with Crippen molar-refractivity contribution < 1.29 is 54.7 Å². The fraction of sp³-hybridized carbons (Fsp3) is 0.931. The lowest BCUT2D eigenvalue weighted by atomic mass is 9.94. The molecule has 0 aromatic rings. The largest absolute Gasteiger partial charge is 0.394 e. The van der Waals surface area contributed by atoms with Crippen LogP contribution in [0.3, 0.4) is 0 Å². The van der Waals surface area contributed by atoms with Gasteiger partial charge in [0, 0.05) is 0 Å². The molecule has 11 unspecified atom stereocenters. The van der Waals surface area contributed by atoms with E-state index >= 15 is 0 Å². The van der Waals surface area contributed by atoms with Gasteiger partial charge in [0.15, 0.2) is 12.6 Å². The predicted octanol–water partition coefficient (Wildman–Crippen LogP) is 0.986. The third-order valence-corrected chi connectivity index (χ3v) is 7.83. The molecule has 7 N–H and O–H groups in total. The molecule has 0 amide bonds. The summed E-state index contributed by atoms with van der Waals surface area (Å²) in [6, 6.07) is 0. The smallest absolute Gasteiger partial charge is 0.187 e. The predicted molar refractivity (Wildman–Crippen MR) is 147 cm³/mol. The van der Waals surface area contributed by atoms with Crippen LogP contribution in [-0.4, -0.2) is 117 Å². The maximum absolute atomic E-state index is 10.7. The maximum Gasteiger partial charge on any atom is 0.187 e. The Hall–Kier alpha value is -0.700. The zero-order chi connectivity index (χ0) is 29.8. The SMILES string of the molecule is CC(=CCCCOC1OC(CO)C(OC2OC(CO)C(O)C(O)C2O)C(O)C1O)CCCC(C)CCCC(C)C. The summed E-state index contributed by atoms with van der Waals surface area (Å²) in [7, 11) is 0. The Morgan fingerprint density at radius 1 is 0.750 bits per heavy atom. The number of aliphatic hydroxyl groups excluding tert-OH is 7. The third kappa shape index (κ3) is 10.9. The molecule has 11 heteroatoms. The fourth-order valence-corrected chi connectivity index (χ4v) is 5.17. The van der Waals surface area contributed by atoms with E-state index in [0.29, 0.717) is 6.42 Å². The van der Waals surface area contributed by atoms with E-state index in [1.807, 2.05) is 0 Å². The van der Waals surface area contributed by atoms with Crippen LogP contribution in [0.15, 0.2) is 11.6 Å². The minimum Gasteiger partial charge on any atom is -0.394 e. The third-order valence-electron chi connectivity index (χ3n) is 7.83. The second kappa shape index (κ2) is 18.1. The van der Waals surface area contributed by atoms with Crippen LogP contribution >= 0.6 is 0 Å². The number of aliphatic hydroxyl groups is 7. The molecular formula is C29H54O11. The number of rotatable bonds is 17. The van der Waals surface area contributed by atoms with Crippen LogP contribution in [-0.2, 0) is 18.9 Å². The van der Waals surface area contributed by atoms with Crippen molar-refractivity contribution in [2.45, 2.75) is 140 Å². The quantitative estimate of drug-likeness (QED) is 0.0967. The zero-order valence-electron chi connectivity index (χ0n) is 24.5. The van der Waals surface area contributed by atoms with Crippen LogP contribution in [0, 0.1) is 11.8 Å². The molecule has 0 spiro atoms. The summed E-state index contributed by atoms with van der Waals surface area (Å²) in [4.78, 5) is 0. The van der Waals surface area contributed by atoms with Gasteiger partial charge in [0.1, 0.15) is 48.8 Å². The first-order chi connectivity index (χ1) is 19.0. The van der Waals surface area contributed by atoms with E-state index in [0.717, 1.165) is 24.7 Å². The van der Waals surface area contributed by atoms with Crippen molar-refractivity contribution >= 4 is 0 Å². The van der Waals surface area contributed by atoms with Gasteiger partial charge in [-0.05, 0) is 44.4 Å². The van der Waals surface area contributed by atoms with Gasteiger partial charge >= 0.3 is 0 Å². The highest BCUT2D eigenvalue weighted by Gasteiger charge is 2.50. The molecule has 236 valence electrons. The van der Waals surface area contributed by atoms with Crippen molar-refractivity contribution in [2.24, 2.45) is 11.8 Å². The van der Waals surface area contributed by atoms with Crippen LogP contribution in [0.4, 0.5) is 0 Å². The van der Waals surface area contributed by atoms with Crippen LogP contribution in [0.25, 0.3) is 0 Å². The average Bonchev–Trinajstić information content (AvgIpc) is 2.91. The van der Waals surface area contributed by atoms with Crippen molar-refractivity contribution in [2.75, 3.05) is 19.8 Å². The molecule has 11 atom stereocenters. The number of allylic oxidation sites excluding steroid dienone is 2. The number of hydrogen-bond donors (Lipinski definition) is 7. The van der Waals surface area contributed by atoms with Gasteiger partial charge in [-0.25, -0.2) is 0 Å². The summed E-state index contributed by atoms with van der Waals surface area (Å²) in [6.45, 7) is 8.03. The first-order valence-electron chi connectivity index (χ1n) is 14.9. The summed E-state index contributed by atoms with van der Waals surface area (Å²) < 4.78 is 22.2. The van der Waals surface area contributed by atoms with Crippen LogP contribution < -0.4 is 0 Å². The number of hydrogen-bond acceptors (Lipinski definition) is 11. The molecule has 2 fully saturated rings. The Bertz CT molecular complexity index is 716. The van der Waals surface area contributed by atoms with Gasteiger partial charge in [0.2, 0.25) is 0 Å². The van der Waals surface area contributed by atoms with Gasteiger partial charge in [-0.1, -0.05) is 58.1 Å². The van der Waals surface area contributed by atoms with Gasteiger partial charge in [0.05, 0.1) is 19.8 Å². The number of unbranched alkanes of at least 4 members (excludes halogenated alkanes) is 1. The molecule has 2 saturated heterocycles. The zero-order valence-corrected chi connectivity index (χ0v) is 24.5. The van der Waals surface area contributed by atoms with Gasteiger partial charge < -0.3 is 54.7 Å². The number of ether oxygens (including phenoxy) is 4. The van der Waals surface area contributed by atoms with Crippen molar-refractivity contribution in [1.82, 2.24) is 0 Å². The monoisotopic (exact) mass is 578 g/mol. The van der Waals surface area contributed by atoms with Crippen LogP contribution in [0.1, 0.15) is 79.1 Å². The van der Waals surface area contributed by atoms with Crippen LogP contribution in [0.5, 0.6) is 0 Å². The lowest BCUT2D eigenvalue weighted by molar-refractivity contribution is -0.359. The molecule has 2 heterocycles. The van der Waals surface area contributed by atoms with Crippen molar-refractivity contribution in [3.05, 3.63) is 11.6 Å². The highest BCUT2D eigenvalue weighted by molar-refractivity contribution is 4.98. The molecule has 0 aromatic heterocycles. The first kappa shape index (κ1) is 35.5. The maximum atomic E-state index is 10.7. The molecule has 2 rings (SSSR count). The molecule has 11 nitrogen and oxygen atoms in total. The molecule has 2 aliphatic rings. The Morgan fingerprint density at radius 2 is 1.38 bits per heavy atom. The first-order valence-corrected chi connectivity index (χ1v) is 14.9. The van der Waals surface area contributed by atoms with Crippen molar-refractivity contribution in [3.63, 3.8) is 0 Å². The van der Waals surface area contributed by atoms with Crippen molar-refractivity contribution in [1.29, 1.82) is 0 Å². The topological polar surface area (TPSA) is 179 Å². The van der Waals surface area contributed by atoms with Gasteiger partial charge in [-0.2, -0.15) is 0 Å². The Balaban J connectivity index is 1.74. The average molecular weight is 579 g/mol. The molecule has 0 aliphatic carbocycles. The molecule has 0 radical (unpaired) electrons. The van der Waals surface area contributed by atoms with E-state index in [1.165, 1.54) is 37.7 Å². The fourth-order valence-electron chi connectivity index (χ4n) is 5.17.